The minimum absolute atomic E-state index is 0.316. The zero-order valence-electron chi connectivity index (χ0n) is 16.3. The first kappa shape index (κ1) is 19.9. The van der Waals surface area contributed by atoms with Gasteiger partial charge >= 0.3 is 0 Å². The molecule has 1 aromatic carbocycles. The number of amides is 1. The van der Waals surface area contributed by atoms with Crippen molar-refractivity contribution in [1.82, 2.24) is 5.32 Å². The molecular formula is C22H28N4O2. The molecule has 0 heterocycles. The molecule has 6 nitrogen and oxygen atoms in total. The number of ketones is 1. The number of hydrogen-bond acceptors (Lipinski definition) is 5. The van der Waals surface area contributed by atoms with Gasteiger partial charge in [-0.25, -0.2) is 0 Å². The van der Waals surface area contributed by atoms with Crippen LogP contribution in [0.15, 0.2) is 52.3 Å². The Bertz CT molecular complexity index is 867. The Hall–Kier alpha value is -2.89. The number of para-hydroxylation sites is 1. The molecule has 1 fully saturated rings. The highest BCUT2D eigenvalue weighted by Gasteiger charge is 2.30. The summed E-state index contributed by atoms with van der Waals surface area (Å²) < 4.78 is 0. The SMILES string of the molecule is Cc1ccccc1N=C1CCCC(NC(=O)C(=O)C2=C(N)CCCC2)C1=CN. The second kappa shape index (κ2) is 8.87. The predicted molar refractivity (Wildman–Crippen MR) is 111 cm³/mol. The van der Waals surface area contributed by atoms with Crippen molar-refractivity contribution in [3.63, 3.8) is 0 Å². The lowest BCUT2D eigenvalue weighted by Gasteiger charge is -2.27. The van der Waals surface area contributed by atoms with Gasteiger partial charge in [-0.3, -0.25) is 14.6 Å². The van der Waals surface area contributed by atoms with Crippen LogP contribution >= 0.6 is 0 Å². The molecule has 2 aliphatic carbocycles. The van der Waals surface area contributed by atoms with Crippen molar-refractivity contribution in [2.24, 2.45) is 16.5 Å². The number of allylic oxidation sites excluding steroid dienone is 1. The first-order valence-corrected chi connectivity index (χ1v) is 9.89. The van der Waals surface area contributed by atoms with E-state index in [4.69, 9.17) is 16.5 Å². The Labute approximate surface area is 165 Å². The molecule has 0 spiro atoms. The Morgan fingerprint density at radius 1 is 1.14 bits per heavy atom. The molecule has 1 saturated carbocycles. The Balaban J connectivity index is 1.77. The van der Waals surface area contributed by atoms with Crippen LogP contribution in [0.3, 0.4) is 0 Å². The van der Waals surface area contributed by atoms with Crippen LogP contribution in [-0.4, -0.2) is 23.4 Å². The summed E-state index contributed by atoms with van der Waals surface area (Å²) in [6, 6.07) is 7.57. The summed E-state index contributed by atoms with van der Waals surface area (Å²) in [5.74, 6) is -1.13. The summed E-state index contributed by atoms with van der Waals surface area (Å²) in [4.78, 5) is 29.9. The van der Waals surface area contributed by atoms with Gasteiger partial charge in [-0.15, -0.1) is 0 Å². The smallest absolute Gasteiger partial charge is 0.292 e. The number of nitrogens with zero attached hydrogens (tertiary/aromatic N) is 1. The number of carbonyl (C=O) groups is 2. The summed E-state index contributed by atoms with van der Waals surface area (Å²) in [5, 5.41) is 2.86. The van der Waals surface area contributed by atoms with Crippen molar-refractivity contribution in [3.8, 4) is 0 Å². The summed E-state index contributed by atoms with van der Waals surface area (Å²) in [6.07, 6.45) is 6.98. The average molecular weight is 380 g/mol. The fraction of sp³-hybridized carbons (Fsp3) is 0.409. The van der Waals surface area contributed by atoms with Crippen LogP contribution in [0, 0.1) is 6.92 Å². The number of hydrogen-bond donors (Lipinski definition) is 3. The molecule has 2 aliphatic rings. The van der Waals surface area contributed by atoms with Crippen molar-refractivity contribution in [3.05, 3.63) is 52.9 Å². The molecule has 0 aliphatic heterocycles. The van der Waals surface area contributed by atoms with E-state index >= 15 is 0 Å². The molecule has 0 aromatic heterocycles. The maximum atomic E-state index is 12.6. The number of benzene rings is 1. The zero-order valence-corrected chi connectivity index (χ0v) is 16.3. The predicted octanol–water partition coefficient (Wildman–Crippen LogP) is 2.93. The maximum Gasteiger partial charge on any atom is 0.292 e. The van der Waals surface area contributed by atoms with Crippen molar-refractivity contribution in [1.29, 1.82) is 0 Å². The van der Waals surface area contributed by atoms with Crippen LogP contribution in [0.4, 0.5) is 5.69 Å². The molecule has 1 unspecified atom stereocenters. The molecule has 5 N–H and O–H groups in total. The lowest BCUT2D eigenvalue weighted by atomic mass is 9.87. The average Bonchev–Trinajstić information content (AvgIpc) is 2.70. The third kappa shape index (κ3) is 4.32. The quantitative estimate of drug-likeness (QED) is 0.697. The number of rotatable bonds is 4. The maximum absolute atomic E-state index is 12.6. The van der Waals surface area contributed by atoms with Gasteiger partial charge in [-0.05, 0) is 63.5 Å². The highest BCUT2D eigenvalue weighted by atomic mass is 16.2. The minimum Gasteiger partial charge on any atom is -0.404 e. The van der Waals surface area contributed by atoms with Gasteiger partial charge in [0.05, 0.1) is 11.7 Å². The van der Waals surface area contributed by atoms with Gasteiger partial charge in [-0.1, -0.05) is 18.2 Å². The van der Waals surface area contributed by atoms with Gasteiger partial charge in [0, 0.05) is 28.8 Å². The zero-order chi connectivity index (χ0) is 20.1. The molecule has 1 amide bonds. The molecule has 28 heavy (non-hydrogen) atoms. The van der Waals surface area contributed by atoms with Crippen molar-refractivity contribution in [2.45, 2.75) is 57.9 Å². The van der Waals surface area contributed by atoms with Gasteiger partial charge in [0.15, 0.2) is 0 Å². The van der Waals surface area contributed by atoms with E-state index in [0.29, 0.717) is 24.1 Å². The van der Waals surface area contributed by atoms with E-state index in [1.54, 1.807) is 0 Å². The fourth-order valence-electron chi connectivity index (χ4n) is 3.84. The molecule has 3 rings (SSSR count). The summed E-state index contributed by atoms with van der Waals surface area (Å²) in [6.45, 7) is 2.01. The minimum atomic E-state index is -0.610. The highest BCUT2D eigenvalue weighted by Crippen LogP contribution is 2.27. The van der Waals surface area contributed by atoms with E-state index in [1.807, 2.05) is 31.2 Å². The Morgan fingerprint density at radius 2 is 1.89 bits per heavy atom. The van der Waals surface area contributed by atoms with Gasteiger partial charge in [0.2, 0.25) is 5.78 Å². The summed E-state index contributed by atoms with van der Waals surface area (Å²) >= 11 is 0. The highest BCUT2D eigenvalue weighted by molar-refractivity contribution is 6.43. The topological polar surface area (TPSA) is 111 Å². The van der Waals surface area contributed by atoms with Gasteiger partial charge in [0.25, 0.3) is 5.91 Å². The molecule has 148 valence electrons. The van der Waals surface area contributed by atoms with E-state index in [2.05, 4.69) is 5.32 Å². The van der Waals surface area contributed by atoms with Crippen LogP contribution in [0.2, 0.25) is 0 Å². The number of aliphatic imine (C=N–C) groups is 1. The third-order valence-corrected chi connectivity index (χ3v) is 5.46. The van der Waals surface area contributed by atoms with Crippen LogP contribution in [0.5, 0.6) is 0 Å². The molecule has 0 radical (unpaired) electrons. The van der Waals surface area contributed by atoms with E-state index in [-0.39, 0.29) is 6.04 Å². The lowest BCUT2D eigenvalue weighted by molar-refractivity contribution is -0.136. The van der Waals surface area contributed by atoms with Crippen LogP contribution in [0.25, 0.3) is 0 Å². The third-order valence-electron chi connectivity index (χ3n) is 5.46. The Morgan fingerprint density at radius 3 is 2.61 bits per heavy atom. The van der Waals surface area contributed by atoms with Crippen molar-refractivity contribution < 1.29 is 9.59 Å². The van der Waals surface area contributed by atoms with Gasteiger partial charge < -0.3 is 16.8 Å². The van der Waals surface area contributed by atoms with Crippen LogP contribution < -0.4 is 16.8 Å². The molecular weight excluding hydrogens is 352 g/mol. The van der Waals surface area contributed by atoms with Gasteiger partial charge in [0.1, 0.15) is 0 Å². The number of carbonyl (C=O) groups excluding carboxylic acids is 2. The van der Waals surface area contributed by atoms with Gasteiger partial charge in [-0.2, -0.15) is 0 Å². The number of nitrogens with two attached hydrogens (primary N) is 2. The second-order valence-electron chi connectivity index (χ2n) is 7.43. The van der Waals surface area contributed by atoms with Crippen molar-refractivity contribution >= 4 is 23.1 Å². The fourth-order valence-corrected chi connectivity index (χ4v) is 3.84. The first-order valence-electron chi connectivity index (χ1n) is 9.89. The van der Waals surface area contributed by atoms with Crippen LogP contribution in [0.1, 0.15) is 50.5 Å². The van der Waals surface area contributed by atoms with E-state index < -0.39 is 11.7 Å². The molecule has 0 saturated heterocycles. The molecule has 0 bridgehead atoms. The molecule has 6 heteroatoms. The second-order valence-corrected chi connectivity index (χ2v) is 7.43. The normalized spacial score (nSPS) is 23.1. The van der Waals surface area contributed by atoms with Crippen molar-refractivity contribution in [2.75, 3.05) is 0 Å². The van der Waals surface area contributed by atoms with E-state index in [0.717, 1.165) is 54.6 Å². The molecule has 1 atom stereocenters. The summed E-state index contributed by atoms with van der Waals surface area (Å²) in [5.41, 5.74) is 16.5. The standard InChI is InChI=1S/C22H28N4O2/c1-14-7-2-5-10-18(14)25-19-11-6-12-20(16(19)13-23)26-22(28)21(27)15-8-3-4-9-17(15)24/h2,5,7,10,13,20H,3-4,6,8-9,11-12,23-24H2,1H3,(H,26,28). The number of Topliss-reactive ketones (excluding diaryl/α,β-unsaturated/α-hetero) is 1. The number of nitrogens with one attached hydrogen (secondary N) is 1. The number of aryl methyl sites for hydroxylation is 1. The lowest BCUT2D eigenvalue weighted by Crippen LogP contribution is -2.44. The largest absolute Gasteiger partial charge is 0.404 e. The Kier molecular flexibility index (Phi) is 6.29. The summed E-state index contributed by atoms with van der Waals surface area (Å²) in [7, 11) is 0. The monoisotopic (exact) mass is 380 g/mol. The molecule has 1 aromatic rings. The first-order chi connectivity index (χ1) is 13.5. The van der Waals surface area contributed by atoms with E-state index in [9.17, 15) is 9.59 Å². The van der Waals surface area contributed by atoms with E-state index in [1.165, 1.54) is 6.20 Å². The van der Waals surface area contributed by atoms with Crippen LogP contribution in [-0.2, 0) is 9.59 Å².